The molecule has 0 aliphatic rings. The van der Waals surface area contributed by atoms with Crippen LogP contribution in [0.1, 0.15) is 19.4 Å². The third-order valence-corrected chi connectivity index (χ3v) is 2.54. The zero-order valence-corrected chi connectivity index (χ0v) is 11.1. The van der Waals surface area contributed by atoms with Gasteiger partial charge in [-0.2, -0.15) is 0 Å². The van der Waals surface area contributed by atoms with Crippen LogP contribution in [0.15, 0.2) is 23.4 Å². The van der Waals surface area contributed by atoms with Crippen molar-refractivity contribution in [2.45, 2.75) is 20.0 Å². The number of ether oxygens (including phenoxy) is 2. The topological polar surface area (TPSA) is 77.1 Å². The van der Waals surface area contributed by atoms with Crippen LogP contribution in [0.25, 0.3) is 0 Å². The van der Waals surface area contributed by atoms with E-state index in [-0.39, 0.29) is 11.9 Å². The normalized spacial score (nSPS) is 13.4. The average Bonchev–Trinajstić information content (AvgIpc) is 2.35. The standard InChI is InChI=1S/C12H17ClN2O3/c1-3-17-7-8(2)18-10-6-4-5-9(13)11(10)12(14)15-16/h4-6,8,16H,3,7H2,1-2H3,(H2,14,15). The van der Waals surface area contributed by atoms with Crippen molar-refractivity contribution in [2.24, 2.45) is 10.9 Å². The third kappa shape index (κ3) is 3.78. The van der Waals surface area contributed by atoms with E-state index in [1.54, 1.807) is 18.2 Å². The summed E-state index contributed by atoms with van der Waals surface area (Å²) in [4.78, 5) is 0. The fourth-order valence-corrected chi connectivity index (χ4v) is 1.70. The molecule has 0 aromatic heterocycles. The Morgan fingerprint density at radius 3 is 2.89 bits per heavy atom. The lowest BCUT2D eigenvalue weighted by atomic mass is 10.2. The second-order valence-electron chi connectivity index (χ2n) is 3.69. The molecule has 0 aliphatic carbocycles. The maximum atomic E-state index is 8.74. The van der Waals surface area contributed by atoms with Gasteiger partial charge in [0.1, 0.15) is 11.9 Å². The van der Waals surface area contributed by atoms with E-state index in [0.717, 1.165) is 0 Å². The Morgan fingerprint density at radius 1 is 1.56 bits per heavy atom. The number of amidine groups is 1. The highest BCUT2D eigenvalue weighted by Gasteiger charge is 2.15. The lowest BCUT2D eigenvalue weighted by Gasteiger charge is -2.17. The summed E-state index contributed by atoms with van der Waals surface area (Å²) in [7, 11) is 0. The SMILES string of the molecule is CCOCC(C)Oc1cccc(Cl)c1/C(N)=N/O. The third-order valence-electron chi connectivity index (χ3n) is 2.22. The molecule has 1 aromatic rings. The molecule has 0 saturated carbocycles. The lowest BCUT2D eigenvalue weighted by Crippen LogP contribution is -2.22. The van der Waals surface area contributed by atoms with Gasteiger partial charge in [0.05, 0.1) is 17.2 Å². The van der Waals surface area contributed by atoms with Gasteiger partial charge in [0.15, 0.2) is 5.84 Å². The van der Waals surface area contributed by atoms with Gasteiger partial charge in [0.2, 0.25) is 0 Å². The van der Waals surface area contributed by atoms with Crippen molar-refractivity contribution in [3.05, 3.63) is 28.8 Å². The van der Waals surface area contributed by atoms with E-state index >= 15 is 0 Å². The summed E-state index contributed by atoms with van der Waals surface area (Å²) in [6, 6.07) is 5.09. The molecule has 1 rings (SSSR count). The maximum absolute atomic E-state index is 8.74. The smallest absolute Gasteiger partial charge is 0.175 e. The van der Waals surface area contributed by atoms with Crippen LogP contribution in [0, 0.1) is 0 Å². The van der Waals surface area contributed by atoms with Crippen LogP contribution in [-0.2, 0) is 4.74 Å². The molecule has 0 aliphatic heterocycles. The molecule has 0 heterocycles. The van der Waals surface area contributed by atoms with Gasteiger partial charge in [-0.3, -0.25) is 0 Å². The molecule has 1 atom stereocenters. The van der Waals surface area contributed by atoms with Crippen molar-refractivity contribution in [2.75, 3.05) is 13.2 Å². The van der Waals surface area contributed by atoms with E-state index in [2.05, 4.69) is 5.16 Å². The minimum atomic E-state index is -0.159. The van der Waals surface area contributed by atoms with Crippen LogP contribution < -0.4 is 10.5 Å². The zero-order chi connectivity index (χ0) is 13.5. The number of nitrogens with two attached hydrogens (primary N) is 1. The number of hydrogen-bond donors (Lipinski definition) is 2. The summed E-state index contributed by atoms with van der Waals surface area (Å²) in [6.07, 6.45) is -0.159. The number of hydrogen-bond acceptors (Lipinski definition) is 4. The Balaban J connectivity index is 2.91. The number of rotatable bonds is 6. The molecule has 1 unspecified atom stereocenters. The summed E-state index contributed by atoms with van der Waals surface area (Å²) < 4.78 is 10.9. The maximum Gasteiger partial charge on any atom is 0.175 e. The van der Waals surface area contributed by atoms with E-state index < -0.39 is 0 Å². The van der Waals surface area contributed by atoms with Gasteiger partial charge in [0, 0.05) is 6.61 Å². The predicted molar refractivity (Wildman–Crippen MR) is 70.5 cm³/mol. The molecule has 5 nitrogen and oxygen atoms in total. The Labute approximate surface area is 111 Å². The van der Waals surface area contributed by atoms with Gasteiger partial charge in [-0.25, -0.2) is 0 Å². The van der Waals surface area contributed by atoms with Crippen LogP contribution >= 0.6 is 11.6 Å². The molecular formula is C12H17ClN2O3. The molecule has 0 bridgehead atoms. The monoisotopic (exact) mass is 272 g/mol. The molecule has 0 amide bonds. The highest BCUT2D eigenvalue weighted by Crippen LogP contribution is 2.27. The van der Waals surface area contributed by atoms with E-state index in [0.29, 0.717) is 29.5 Å². The molecule has 100 valence electrons. The second-order valence-corrected chi connectivity index (χ2v) is 4.09. The molecule has 6 heteroatoms. The first-order valence-corrected chi connectivity index (χ1v) is 5.98. The van der Waals surface area contributed by atoms with Gasteiger partial charge in [-0.15, -0.1) is 0 Å². The lowest BCUT2D eigenvalue weighted by molar-refractivity contribution is 0.0656. The molecule has 0 spiro atoms. The largest absolute Gasteiger partial charge is 0.487 e. The van der Waals surface area contributed by atoms with Gasteiger partial charge in [-0.1, -0.05) is 22.8 Å². The Morgan fingerprint density at radius 2 is 2.28 bits per heavy atom. The Bertz CT molecular complexity index is 424. The van der Waals surface area contributed by atoms with Crippen LogP contribution in [0.4, 0.5) is 0 Å². The molecule has 3 N–H and O–H groups in total. The highest BCUT2D eigenvalue weighted by molar-refractivity contribution is 6.34. The summed E-state index contributed by atoms with van der Waals surface area (Å²) in [5, 5.41) is 12.1. The number of benzene rings is 1. The number of halogens is 1. The van der Waals surface area contributed by atoms with Crippen LogP contribution in [0.5, 0.6) is 5.75 Å². The van der Waals surface area contributed by atoms with Crippen LogP contribution in [0.2, 0.25) is 5.02 Å². The second kappa shape index (κ2) is 7.08. The Hall–Kier alpha value is -1.46. The van der Waals surface area contributed by atoms with Crippen molar-refractivity contribution in [1.82, 2.24) is 0 Å². The van der Waals surface area contributed by atoms with Crippen molar-refractivity contribution in [3.63, 3.8) is 0 Å². The minimum absolute atomic E-state index is 0.0841. The van der Waals surface area contributed by atoms with Crippen LogP contribution in [-0.4, -0.2) is 30.4 Å². The molecule has 18 heavy (non-hydrogen) atoms. The highest BCUT2D eigenvalue weighted by atomic mass is 35.5. The van der Waals surface area contributed by atoms with Crippen LogP contribution in [0.3, 0.4) is 0 Å². The molecule has 1 aromatic carbocycles. The molecule has 0 radical (unpaired) electrons. The summed E-state index contributed by atoms with van der Waals surface area (Å²) >= 11 is 6.01. The van der Waals surface area contributed by atoms with Gasteiger partial charge < -0.3 is 20.4 Å². The fourth-order valence-electron chi connectivity index (χ4n) is 1.44. The van der Waals surface area contributed by atoms with Crippen molar-refractivity contribution >= 4 is 17.4 Å². The van der Waals surface area contributed by atoms with E-state index in [9.17, 15) is 0 Å². The fraction of sp³-hybridized carbons (Fsp3) is 0.417. The summed E-state index contributed by atoms with van der Waals surface area (Å²) in [5.74, 6) is 0.379. The van der Waals surface area contributed by atoms with E-state index in [1.165, 1.54) is 0 Å². The summed E-state index contributed by atoms with van der Waals surface area (Å²) in [6.45, 7) is 4.86. The van der Waals surface area contributed by atoms with E-state index in [1.807, 2.05) is 13.8 Å². The average molecular weight is 273 g/mol. The number of oxime groups is 1. The first kappa shape index (κ1) is 14.6. The van der Waals surface area contributed by atoms with Gasteiger partial charge in [0.25, 0.3) is 0 Å². The van der Waals surface area contributed by atoms with Gasteiger partial charge in [-0.05, 0) is 26.0 Å². The zero-order valence-electron chi connectivity index (χ0n) is 10.4. The minimum Gasteiger partial charge on any atom is -0.487 e. The predicted octanol–water partition coefficient (Wildman–Crippen LogP) is 2.24. The van der Waals surface area contributed by atoms with Crippen molar-refractivity contribution in [3.8, 4) is 5.75 Å². The van der Waals surface area contributed by atoms with E-state index in [4.69, 9.17) is 32.0 Å². The first-order chi connectivity index (χ1) is 8.60. The summed E-state index contributed by atoms with van der Waals surface area (Å²) in [5.41, 5.74) is 5.96. The Kier molecular flexibility index (Phi) is 5.74. The quantitative estimate of drug-likeness (QED) is 0.360. The molecule has 0 saturated heterocycles. The first-order valence-electron chi connectivity index (χ1n) is 5.61. The van der Waals surface area contributed by atoms with Crippen molar-refractivity contribution < 1.29 is 14.7 Å². The number of nitrogens with zero attached hydrogens (tertiary/aromatic N) is 1. The van der Waals surface area contributed by atoms with Gasteiger partial charge >= 0.3 is 0 Å². The molecule has 0 fully saturated rings. The van der Waals surface area contributed by atoms with Crippen molar-refractivity contribution in [1.29, 1.82) is 0 Å². The molecular weight excluding hydrogens is 256 g/mol.